The Kier molecular flexibility index (Phi) is 5.51. The van der Waals surface area contributed by atoms with Crippen LogP contribution in [0.15, 0.2) is 54.6 Å². The highest BCUT2D eigenvalue weighted by molar-refractivity contribution is 5.90. The number of para-hydroxylation sites is 1. The van der Waals surface area contributed by atoms with Gasteiger partial charge in [0.1, 0.15) is 5.75 Å². The molecule has 1 aromatic heterocycles. The van der Waals surface area contributed by atoms with Crippen LogP contribution in [0.25, 0.3) is 16.9 Å². The standard InChI is InChI=1S/C22H25N3O3/c1-22(2,3)23-14-18-19(21(26)27)24-25(16-8-6-5-7-9-16)20(18)15-10-12-17(28-4)13-11-15/h5-13,23H,14H2,1-4H3,(H,26,27). The average molecular weight is 379 g/mol. The Morgan fingerprint density at radius 2 is 1.75 bits per heavy atom. The quantitative estimate of drug-likeness (QED) is 0.673. The number of ether oxygens (including phenoxy) is 1. The lowest BCUT2D eigenvalue weighted by Crippen LogP contribution is -2.35. The molecule has 0 amide bonds. The number of carboxylic acids is 1. The lowest BCUT2D eigenvalue weighted by molar-refractivity contribution is 0.0688. The van der Waals surface area contributed by atoms with Crippen molar-refractivity contribution in [2.45, 2.75) is 32.9 Å². The SMILES string of the molecule is COc1ccc(-c2c(CNC(C)(C)C)c(C(=O)O)nn2-c2ccccc2)cc1. The minimum Gasteiger partial charge on any atom is -0.497 e. The van der Waals surface area contributed by atoms with E-state index in [0.717, 1.165) is 22.7 Å². The fraction of sp³-hybridized carbons (Fsp3) is 0.273. The van der Waals surface area contributed by atoms with E-state index in [1.807, 2.05) is 75.4 Å². The monoisotopic (exact) mass is 379 g/mol. The van der Waals surface area contributed by atoms with Gasteiger partial charge in [-0.1, -0.05) is 18.2 Å². The number of aromatic carboxylic acids is 1. The van der Waals surface area contributed by atoms with Gasteiger partial charge in [0.25, 0.3) is 0 Å². The van der Waals surface area contributed by atoms with Gasteiger partial charge in [-0.15, -0.1) is 0 Å². The molecule has 6 nitrogen and oxygen atoms in total. The van der Waals surface area contributed by atoms with Gasteiger partial charge < -0.3 is 15.2 Å². The molecule has 3 rings (SSSR count). The Hall–Kier alpha value is -3.12. The van der Waals surface area contributed by atoms with Gasteiger partial charge in [0.05, 0.1) is 18.5 Å². The van der Waals surface area contributed by atoms with E-state index in [9.17, 15) is 9.90 Å². The molecule has 0 aliphatic heterocycles. The van der Waals surface area contributed by atoms with Crippen LogP contribution in [0.1, 0.15) is 36.8 Å². The van der Waals surface area contributed by atoms with E-state index in [4.69, 9.17) is 4.74 Å². The number of methoxy groups -OCH3 is 1. The summed E-state index contributed by atoms with van der Waals surface area (Å²) in [4.78, 5) is 12.0. The summed E-state index contributed by atoms with van der Waals surface area (Å²) in [6.45, 7) is 6.52. The van der Waals surface area contributed by atoms with Crippen LogP contribution in [0.4, 0.5) is 0 Å². The summed E-state index contributed by atoms with van der Waals surface area (Å²) in [6.07, 6.45) is 0. The zero-order valence-electron chi connectivity index (χ0n) is 16.6. The number of carbonyl (C=O) groups is 1. The largest absolute Gasteiger partial charge is 0.497 e. The number of hydrogen-bond donors (Lipinski definition) is 2. The van der Waals surface area contributed by atoms with Crippen LogP contribution < -0.4 is 10.1 Å². The number of nitrogens with one attached hydrogen (secondary N) is 1. The van der Waals surface area contributed by atoms with Crippen molar-refractivity contribution in [2.75, 3.05) is 7.11 Å². The topological polar surface area (TPSA) is 76.4 Å². The third kappa shape index (κ3) is 4.23. The number of nitrogens with zero attached hydrogens (tertiary/aromatic N) is 2. The zero-order valence-corrected chi connectivity index (χ0v) is 16.6. The van der Waals surface area contributed by atoms with Crippen LogP contribution in [0.3, 0.4) is 0 Å². The summed E-state index contributed by atoms with van der Waals surface area (Å²) in [7, 11) is 1.62. The predicted molar refractivity (Wildman–Crippen MR) is 109 cm³/mol. The summed E-state index contributed by atoms with van der Waals surface area (Å²) in [5.74, 6) is -0.308. The first-order chi connectivity index (χ1) is 13.3. The number of benzene rings is 2. The van der Waals surface area contributed by atoms with Gasteiger partial charge in [-0.3, -0.25) is 0 Å². The minimum atomic E-state index is -1.05. The van der Waals surface area contributed by atoms with Gasteiger partial charge in [-0.25, -0.2) is 9.48 Å². The van der Waals surface area contributed by atoms with Crippen molar-refractivity contribution < 1.29 is 14.6 Å². The molecule has 0 aliphatic rings. The van der Waals surface area contributed by atoms with Crippen LogP contribution >= 0.6 is 0 Å². The smallest absolute Gasteiger partial charge is 0.356 e. The Balaban J connectivity index is 2.22. The maximum absolute atomic E-state index is 12.0. The second-order valence-electron chi connectivity index (χ2n) is 7.56. The van der Waals surface area contributed by atoms with E-state index >= 15 is 0 Å². The fourth-order valence-electron chi connectivity index (χ4n) is 2.94. The number of hydrogen-bond acceptors (Lipinski definition) is 4. The highest BCUT2D eigenvalue weighted by Crippen LogP contribution is 2.31. The molecule has 0 atom stereocenters. The number of rotatable bonds is 6. The summed E-state index contributed by atoms with van der Waals surface area (Å²) in [5, 5.41) is 17.6. The molecule has 28 heavy (non-hydrogen) atoms. The van der Waals surface area contributed by atoms with Gasteiger partial charge in [0, 0.05) is 23.2 Å². The molecular weight excluding hydrogens is 354 g/mol. The molecule has 6 heteroatoms. The third-order valence-electron chi connectivity index (χ3n) is 4.35. The molecule has 0 saturated carbocycles. The van der Waals surface area contributed by atoms with E-state index in [1.165, 1.54) is 0 Å². The summed E-state index contributed by atoms with van der Waals surface area (Å²) in [5.41, 5.74) is 2.96. The van der Waals surface area contributed by atoms with Crippen LogP contribution in [0.5, 0.6) is 5.75 Å². The lowest BCUT2D eigenvalue weighted by Gasteiger charge is -2.21. The predicted octanol–water partition coefficient (Wildman–Crippen LogP) is 4.13. The summed E-state index contributed by atoms with van der Waals surface area (Å²) < 4.78 is 6.96. The van der Waals surface area contributed by atoms with Crippen LogP contribution in [0.2, 0.25) is 0 Å². The summed E-state index contributed by atoms with van der Waals surface area (Å²) in [6, 6.07) is 17.1. The fourth-order valence-corrected chi connectivity index (χ4v) is 2.94. The van der Waals surface area contributed by atoms with Gasteiger partial charge in [0.2, 0.25) is 0 Å². The van der Waals surface area contributed by atoms with Crippen molar-refractivity contribution in [3.05, 3.63) is 65.9 Å². The maximum Gasteiger partial charge on any atom is 0.356 e. The second kappa shape index (κ2) is 7.86. The maximum atomic E-state index is 12.0. The van der Waals surface area contributed by atoms with Gasteiger partial charge in [-0.2, -0.15) is 5.10 Å². The molecular formula is C22H25N3O3. The van der Waals surface area contributed by atoms with Crippen molar-refractivity contribution in [2.24, 2.45) is 0 Å². The molecule has 3 aromatic rings. The molecule has 1 heterocycles. The summed E-state index contributed by atoms with van der Waals surface area (Å²) >= 11 is 0. The number of aromatic nitrogens is 2. The van der Waals surface area contributed by atoms with Gasteiger partial charge in [-0.05, 0) is 57.2 Å². The minimum absolute atomic E-state index is 0.0476. The van der Waals surface area contributed by atoms with Crippen molar-refractivity contribution in [3.63, 3.8) is 0 Å². The lowest BCUT2D eigenvalue weighted by atomic mass is 10.0. The van der Waals surface area contributed by atoms with E-state index < -0.39 is 5.97 Å². The van der Waals surface area contributed by atoms with E-state index in [2.05, 4.69) is 10.4 Å². The van der Waals surface area contributed by atoms with Crippen molar-refractivity contribution in [3.8, 4) is 22.7 Å². The molecule has 0 unspecified atom stereocenters. The third-order valence-corrected chi connectivity index (χ3v) is 4.35. The van der Waals surface area contributed by atoms with Crippen molar-refractivity contribution in [1.29, 1.82) is 0 Å². The van der Waals surface area contributed by atoms with Gasteiger partial charge >= 0.3 is 5.97 Å². The molecule has 2 N–H and O–H groups in total. The van der Waals surface area contributed by atoms with E-state index in [0.29, 0.717) is 12.1 Å². The van der Waals surface area contributed by atoms with Crippen LogP contribution in [-0.2, 0) is 6.54 Å². The second-order valence-corrected chi connectivity index (χ2v) is 7.56. The first-order valence-corrected chi connectivity index (χ1v) is 9.10. The zero-order chi connectivity index (χ0) is 20.3. The Bertz CT molecular complexity index is 955. The molecule has 0 spiro atoms. The van der Waals surface area contributed by atoms with Gasteiger partial charge in [0.15, 0.2) is 5.69 Å². The Labute approximate surface area is 164 Å². The molecule has 0 saturated heterocycles. The normalized spacial score (nSPS) is 11.4. The van der Waals surface area contributed by atoms with Crippen LogP contribution in [-0.4, -0.2) is 33.5 Å². The molecule has 0 aliphatic carbocycles. The molecule has 0 radical (unpaired) electrons. The number of carboxylic acid groups (broad SMARTS) is 1. The molecule has 2 aromatic carbocycles. The molecule has 146 valence electrons. The Morgan fingerprint density at radius 3 is 2.29 bits per heavy atom. The first kappa shape index (κ1) is 19.6. The highest BCUT2D eigenvalue weighted by Gasteiger charge is 2.25. The van der Waals surface area contributed by atoms with E-state index in [1.54, 1.807) is 11.8 Å². The van der Waals surface area contributed by atoms with Crippen LogP contribution in [0, 0.1) is 0 Å². The first-order valence-electron chi connectivity index (χ1n) is 9.10. The average Bonchev–Trinajstić information content (AvgIpc) is 3.06. The van der Waals surface area contributed by atoms with E-state index in [-0.39, 0.29) is 11.2 Å². The highest BCUT2D eigenvalue weighted by atomic mass is 16.5. The van der Waals surface area contributed by atoms with Crippen molar-refractivity contribution in [1.82, 2.24) is 15.1 Å². The van der Waals surface area contributed by atoms with Crippen molar-refractivity contribution >= 4 is 5.97 Å². The molecule has 0 fully saturated rings. The molecule has 0 bridgehead atoms. The Morgan fingerprint density at radius 1 is 1.11 bits per heavy atom.